The van der Waals surface area contributed by atoms with Crippen LogP contribution in [-0.4, -0.2) is 73.8 Å². The zero-order valence-corrected chi connectivity index (χ0v) is 20.2. The van der Waals surface area contributed by atoms with Crippen LogP contribution in [0.2, 0.25) is 0 Å². The molecule has 2 saturated heterocycles. The van der Waals surface area contributed by atoms with E-state index in [1.807, 2.05) is 11.8 Å². The van der Waals surface area contributed by atoms with E-state index in [-0.39, 0.29) is 28.7 Å². The predicted octanol–water partition coefficient (Wildman–Crippen LogP) is 3.19. The highest BCUT2D eigenvalue weighted by atomic mass is 127. The average Bonchev–Trinajstić information content (AvgIpc) is 2.62. The van der Waals surface area contributed by atoms with E-state index in [0.717, 1.165) is 51.0 Å². The van der Waals surface area contributed by atoms with Gasteiger partial charge in [-0.1, -0.05) is 13.8 Å². The standard InChI is InChI=1S/C19H38N4OS.HI/c1-5-20-18(21-15-19(25-4)8-12-24-13-9-19)22-17-6-10-23(11-7-17)14-16(2)3;/h16-17H,5-15H2,1-4H3,(H2,20,21,22);1H. The molecule has 0 spiro atoms. The molecule has 0 aromatic heterocycles. The summed E-state index contributed by atoms with van der Waals surface area (Å²) in [6.07, 6.45) is 6.83. The average molecular weight is 499 g/mol. The van der Waals surface area contributed by atoms with E-state index >= 15 is 0 Å². The second-order valence-corrected chi connectivity index (χ2v) is 9.08. The van der Waals surface area contributed by atoms with Gasteiger partial charge in [-0.25, -0.2) is 0 Å². The minimum absolute atomic E-state index is 0. The van der Waals surface area contributed by atoms with Gasteiger partial charge in [-0.05, 0) is 44.8 Å². The minimum atomic E-state index is 0. The highest BCUT2D eigenvalue weighted by Gasteiger charge is 2.31. The predicted molar refractivity (Wildman–Crippen MR) is 125 cm³/mol. The van der Waals surface area contributed by atoms with E-state index < -0.39 is 0 Å². The van der Waals surface area contributed by atoms with Crippen molar-refractivity contribution in [2.45, 2.75) is 57.2 Å². The third-order valence-electron chi connectivity index (χ3n) is 5.26. The molecule has 2 aliphatic rings. The van der Waals surface area contributed by atoms with Crippen LogP contribution in [0.4, 0.5) is 0 Å². The molecule has 0 radical (unpaired) electrons. The second kappa shape index (κ2) is 12.7. The number of hydrogen-bond acceptors (Lipinski definition) is 4. The maximum atomic E-state index is 5.54. The van der Waals surface area contributed by atoms with Crippen LogP contribution in [0.3, 0.4) is 0 Å². The van der Waals surface area contributed by atoms with Crippen LogP contribution < -0.4 is 10.6 Å². The van der Waals surface area contributed by atoms with Gasteiger partial charge in [0.25, 0.3) is 0 Å². The lowest BCUT2D eigenvalue weighted by atomic mass is 9.99. The van der Waals surface area contributed by atoms with Gasteiger partial charge in [-0.15, -0.1) is 24.0 Å². The van der Waals surface area contributed by atoms with Gasteiger partial charge in [0.1, 0.15) is 0 Å². The topological polar surface area (TPSA) is 48.9 Å². The maximum Gasteiger partial charge on any atom is 0.191 e. The lowest BCUT2D eigenvalue weighted by Crippen LogP contribution is -2.49. The van der Waals surface area contributed by atoms with Crippen molar-refractivity contribution in [2.75, 3.05) is 52.2 Å². The molecule has 0 aromatic rings. The second-order valence-electron chi connectivity index (χ2n) is 7.81. The Morgan fingerprint density at radius 2 is 1.92 bits per heavy atom. The molecule has 0 saturated carbocycles. The number of hydrogen-bond donors (Lipinski definition) is 2. The Kier molecular flexibility index (Phi) is 11.8. The zero-order valence-electron chi connectivity index (χ0n) is 17.1. The number of thioether (sulfide) groups is 1. The summed E-state index contributed by atoms with van der Waals surface area (Å²) in [6, 6.07) is 0.543. The summed E-state index contributed by atoms with van der Waals surface area (Å²) in [6.45, 7) is 13.9. The van der Waals surface area contributed by atoms with E-state index in [1.165, 1.54) is 32.5 Å². The van der Waals surface area contributed by atoms with Gasteiger partial charge in [0.05, 0.1) is 6.54 Å². The normalized spacial score (nSPS) is 22.1. The Labute approximate surface area is 181 Å². The van der Waals surface area contributed by atoms with Crippen molar-refractivity contribution < 1.29 is 4.74 Å². The van der Waals surface area contributed by atoms with Crippen molar-refractivity contribution in [3.63, 3.8) is 0 Å². The Morgan fingerprint density at radius 3 is 2.46 bits per heavy atom. The van der Waals surface area contributed by atoms with Crippen LogP contribution in [0.15, 0.2) is 4.99 Å². The summed E-state index contributed by atoms with van der Waals surface area (Å²) in [4.78, 5) is 7.54. The van der Waals surface area contributed by atoms with Gasteiger partial charge >= 0.3 is 0 Å². The molecule has 2 heterocycles. The van der Waals surface area contributed by atoms with Crippen molar-refractivity contribution in [3.8, 4) is 0 Å². The largest absolute Gasteiger partial charge is 0.381 e. The van der Waals surface area contributed by atoms with Crippen LogP contribution >= 0.6 is 35.7 Å². The van der Waals surface area contributed by atoms with Gasteiger partial charge in [-0.2, -0.15) is 11.8 Å². The van der Waals surface area contributed by atoms with Crippen molar-refractivity contribution in [1.82, 2.24) is 15.5 Å². The fourth-order valence-electron chi connectivity index (χ4n) is 3.68. The molecule has 2 rings (SSSR count). The number of ether oxygens (including phenoxy) is 1. The number of likely N-dealkylation sites (tertiary alicyclic amines) is 1. The van der Waals surface area contributed by atoms with Crippen molar-refractivity contribution in [1.29, 1.82) is 0 Å². The van der Waals surface area contributed by atoms with E-state index in [1.54, 1.807) is 0 Å². The molecule has 2 N–H and O–H groups in total. The first kappa shape index (κ1) is 24.3. The summed E-state index contributed by atoms with van der Waals surface area (Å²) in [5, 5.41) is 7.12. The number of nitrogens with zero attached hydrogens (tertiary/aromatic N) is 2. The SMILES string of the molecule is CCNC(=NCC1(SC)CCOCC1)NC1CCN(CC(C)C)CC1.I. The minimum Gasteiger partial charge on any atom is -0.381 e. The number of guanidine groups is 1. The number of rotatable bonds is 7. The van der Waals surface area contributed by atoms with Gasteiger partial charge in [-0.3, -0.25) is 4.99 Å². The molecule has 0 atom stereocenters. The molecule has 154 valence electrons. The smallest absolute Gasteiger partial charge is 0.191 e. The van der Waals surface area contributed by atoms with E-state index in [0.29, 0.717) is 6.04 Å². The number of aliphatic imine (C=N–C) groups is 1. The van der Waals surface area contributed by atoms with E-state index in [4.69, 9.17) is 9.73 Å². The lowest BCUT2D eigenvalue weighted by molar-refractivity contribution is 0.0794. The summed E-state index contributed by atoms with van der Waals surface area (Å²) in [7, 11) is 0. The quantitative estimate of drug-likeness (QED) is 0.321. The Morgan fingerprint density at radius 1 is 1.27 bits per heavy atom. The molecule has 0 bridgehead atoms. The molecular weight excluding hydrogens is 459 g/mol. The lowest BCUT2D eigenvalue weighted by Gasteiger charge is -2.35. The van der Waals surface area contributed by atoms with Crippen LogP contribution in [0, 0.1) is 5.92 Å². The molecule has 2 aliphatic heterocycles. The van der Waals surface area contributed by atoms with Crippen LogP contribution in [0.25, 0.3) is 0 Å². The van der Waals surface area contributed by atoms with Crippen molar-refractivity contribution in [2.24, 2.45) is 10.9 Å². The van der Waals surface area contributed by atoms with E-state index in [2.05, 4.69) is 42.6 Å². The molecular formula is C19H39IN4OS. The third-order valence-corrected chi connectivity index (χ3v) is 6.66. The first-order chi connectivity index (χ1) is 12.1. The first-order valence-electron chi connectivity index (χ1n) is 9.97. The van der Waals surface area contributed by atoms with Gasteiger partial charge in [0.2, 0.25) is 0 Å². The number of piperidine rings is 1. The molecule has 26 heavy (non-hydrogen) atoms. The van der Waals surface area contributed by atoms with Crippen molar-refractivity contribution in [3.05, 3.63) is 0 Å². The van der Waals surface area contributed by atoms with Crippen molar-refractivity contribution >= 4 is 41.7 Å². The molecule has 7 heteroatoms. The highest BCUT2D eigenvalue weighted by molar-refractivity contribution is 14.0. The van der Waals surface area contributed by atoms with Gasteiger partial charge in [0, 0.05) is 50.2 Å². The number of nitrogens with one attached hydrogen (secondary N) is 2. The van der Waals surface area contributed by atoms with Gasteiger partial charge in [0.15, 0.2) is 5.96 Å². The molecule has 0 amide bonds. The Hall–Kier alpha value is 0.270. The highest BCUT2D eigenvalue weighted by Crippen LogP contribution is 2.34. The molecule has 0 aromatic carbocycles. The van der Waals surface area contributed by atoms with Crippen LogP contribution in [0.5, 0.6) is 0 Å². The first-order valence-corrected chi connectivity index (χ1v) is 11.2. The fraction of sp³-hybridized carbons (Fsp3) is 0.947. The Bertz CT molecular complexity index is 408. The molecule has 0 aliphatic carbocycles. The molecule has 0 unspecified atom stereocenters. The monoisotopic (exact) mass is 498 g/mol. The summed E-state index contributed by atoms with van der Waals surface area (Å²) < 4.78 is 5.79. The van der Waals surface area contributed by atoms with Crippen LogP contribution in [-0.2, 0) is 4.74 Å². The molecule has 5 nitrogen and oxygen atoms in total. The number of halogens is 1. The maximum absolute atomic E-state index is 5.54. The summed E-state index contributed by atoms with van der Waals surface area (Å²) in [5.41, 5.74) is 0. The third kappa shape index (κ3) is 8.10. The molecule has 2 fully saturated rings. The Balaban J connectivity index is 0.00000338. The summed E-state index contributed by atoms with van der Waals surface area (Å²) >= 11 is 1.96. The zero-order chi connectivity index (χ0) is 18.1. The van der Waals surface area contributed by atoms with Gasteiger partial charge < -0.3 is 20.3 Å². The van der Waals surface area contributed by atoms with E-state index in [9.17, 15) is 0 Å². The summed E-state index contributed by atoms with van der Waals surface area (Å²) in [5.74, 6) is 1.75. The fourth-order valence-corrected chi connectivity index (χ4v) is 4.45. The van der Waals surface area contributed by atoms with Crippen LogP contribution in [0.1, 0.15) is 46.5 Å².